The first-order valence-electron chi connectivity index (χ1n) is 10.8. The Balaban J connectivity index is 0.00000187. The van der Waals surface area contributed by atoms with Gasteiger partial charge in [-0.3, -0.25) is 25.5 Å². The van der Waals surface area contributed by atoms with E-state index in [1.165, 1.54) is 4.90 Å². The molecule has 0 spiro atoms. The number of hydrogen-bond donors (Lipinski definition) is 4. The minimum atomic E-state index is -0.790. The summed E-state index contributed by atoms with van der Waals surface area (Å²) < 4.78 is 5.40. The number of benzodiazepines with no additional fused rings is 1. The highest BCUT2D eigenvalue weighted by atomic mass is 35.5. The third-order valence-corrected chi connectivity index (χ3v) is 5.09. The number of fused-ring (bicyclic) bond motifs is 1. The molecule has 8 nitrogen and oxygen atoms in total. The molecule has 2 aromatic rings. The second kappa shape index (κ2) is 12.1. The molecule has 0 saturated heterocycles. The number of rotatable bonds is 6. The molecule has 0 radical (unpaired) electrons. The molecular weight excluding hydrogens is 440 g/mol. The van der Waals surface area contributed by atoms with Crippen molar-refractivity contribution in [1.29, 1.82) is 10.8 Å². The molecule has 1 heterocycles. The average molecular weight is 471 g/mol. The molecule has 0 bridgehead atoms. The smallest absolute Gasteiger partial charge is 0.222 e. The molecule has 5 N–H and O–H groups in total. The van der Waals surface area contributed by atoms with Crippen LogP contribution >= 0.6 is 11.6 Å². The van der Waals surface area contributed by atoms with Crippen molar-refractivity contribution in [2.75, 3.05) is 25.1 Å². The number of carbonyl (C=O) groups excluding carboxylic acids is 1. The van der Waals surface area contributed by atoms with Crippen LogP contribution < -0.4 is 20.7 Å². The first-order valence-corrected chi connectivity index (χ1v) is 11.2. The van der Waals surface area contributed by atoms with Crippen LogP contribution in [0.25, 0.3) is 0 Å². The van der Waals surface area contributed by atoms with Crippen LogP contribution in [0.15, 0.2) is 47.5 Å². The van der Waals surface area contributed by atoms with Crippen molar-refractivity contribution in [2.45, 2.75) is 33.2 Å². The van der Waals surface area contributed by atoms with Gasteiger partial charge in [-0.2, -0.15) is 0 Å². The van der Waals surface area contributed by atoms with Gasteiger partial charge in [-0.15, -0.1) is 0 Å². The van der Waals surface area contributed by atoms with Crippen LogP contribution in [-0.4, -0.2) is 49.5 Å². The van der Waals surface area contributed by atoms with E-state index in [0.717, 1.165) is 5.56 Å². The number of nitrogens with zero attached hydrogens (tertiary/aromatic N) is 2. The van der Waals surface area contributed by atoms with Crippen molar-refractivity contribution in [3.63, 3.8) is 0 Å². The second-order valence-electron chi connectivity index (χ2n) is 7.03. The number of aliphatic imine (C=N–C) groups is 1. The molecule has 0 aromatic heterocycles. The van der Waals surface area contributed by atoms with Gasteiger partial charge in [-0.1, -0.05) is 37.6 Å². The van der Waals surface area contributed by atoms with E-state index in [9.17, 15) is 4.79 Å². The van der Waals surface area contributed by atoms with Crippen molar-refractivity contribution in [3.8, 4) is 5.75 Å². The Hall–Kier alpha value is -3.23. The average Bonchev–Trinajstić information content (AvgIpc) is 2.93. The number of amidine groups is 2. The lowest BCUT2D eigenvalue weighted by Gasteiger charge is -2.26. The SMILES string of the molecule is CC.COc1ccc2c(c1)C(c1ccc(Cl)cc1)=N[C@@H](CC(=O)NCCN)C(=N)N2C(C)=N. The van der Waals surface area contributed by atoms with Crippen molar-refractivity contribution < 1.29 is 9.53 Å². The quantitative estimate of drug-likeness (QED) is 0.377. The highest BCUT2D eigenvalue weighted by molar-refractivity contribution is 6.31. The standard InChI is InChI=1S/C22H25ClN6O2.C2H6/c1-13(25)29-19-8-7-16(31-2)11-17(19)21(14-3-5-15(23)6-4-14)28-18(22(29)26)12-20(30)27-10-9-24;1-2/h3-8,11,18,25-26H,9-10,12,24H2,1-2H3,(H,27,30);1-2H3/t18-;/m0./s1. The van der Waals surface area contributed by atoms with E-state index in [2.05, 4.69) is 5.32 Å². The van der Waals surface area contributed by atoms with Gasteiger partial charge in [0.25, 0.3) is 0 Å². The molecule has 9 heteroatoms. The molecule has 0 saturated carbocycles. The van der Waals surface area contributed by atoms with Gasteiger partial charge >= 0.3 is 0 Å². The van der Waals surface area contributed by atoms with E-state index < -0.39 is 6.04 Å². The first kappa shape index (κ1) is 26.0. The molecule has 0 unspecified atom stereocenters. The molecule has 1 aliphatic rings. The largest absolute Gasteiger partial charge is 0.497 e. The number of hydrogen-bond acceptors (Lipinski definition) is 6. The summed E-state index contributed by atoms with van der Waals surface area (Å²) in [5, 5.41) is 20.4. The zero-order chi connectivity index (χ0) is 24.5. The van der Waals surface area contributed by atoms with Gasteiger partial charge in [0, 0.05) is 29.2 Å². The highest BCUT2D eigenvalue weighted by Crippen LogP contribution is 2.33. The maximum absolute atomic E-state index is 12.4. The summed E-state index contributed by atoms with van der Waals surface area (Å²) in [5.41, 5.74) is 8.17. The number of amides is 1. The summed E-state index contributed by atoms with van der Waals surface area (Å²) in [7, 11) is 1.57. The Labute approximate surface area is 199 Å². The Bertz CT molecular complexity index is 1040. The van der Waals surface area contributed by atoms with Gasteiger partial charge in [-0.05, 0) is 37.3 Å². The van der Waals surface area contributed by atoms with E-state index in [1.807, 2.05) is 32.0 Å². The van der Waals surface area contributed by atoms with Gasteiger partial charge in [0.2, 0.25) is 5.91 Å². The van der Waals surface area contributed by atoms with Crippen LogP contribution in [0.1, 0.15) is 38.3 Å². The molecule has 176 valence electrons. The fourth-order valence-corrected chi connectivity index (χ4v) is 3.52. The Morgan fingerprint density at radius 2 is 1.91 bits per heavy atom. The zero-order valence-electron chi connectivity index (χ0n) is 19.4. The Kier molecular flexibility index (Phi) is 9.57. The van der Waals surface area contributed by atoms with Crippen molar-refractivity contribution >= 4 is 40.6 Å². The van der Waals surface area contributed by atoms with Crippen LogP contribution in [-0.2, 0) is 4.79 Å². The molecule has 1 amide bonds. The van der Waals surface area contributed by atoms with Crippen LogP contribution in [0, 0.1) is 10.8 Å². The summed E-state index contributed by atoms with van der Waals surface area (Å²) in [5.74, 6) is 0.557. The minimum Gasteiger partial charge on any atom is -0.497 e. The first-order chi connectivity index (χ1) is 15.8. The lowest BCUT2D eigenvalue weighted by molar-refractivity contribution is -0.121. The van der Waals surface area contributed by atoms with E-state index in [1.54, 1.807) is 38.3 Å². The number of anilines is 1. The van der Waals surface area contributed by atoms with Crippen molar-refractivity contribution in [1.82, 2.24) is 5.32 Å². The second-order valence-corrected chi connectivity index (χ2v) is 7.47. The van der Waals surface area contributed by atoms with E-state index in [-0.39, 0.29) is 24.0 Å². The molecule has 0 aliphatic carbocycles. The van der Waals surface area contributed by atoms with E-state index in [4.69, 9.17) is 37.9 Å². The van der Waals surface area contributed by atoms with Crippen molar-refractivity contribution in [2.24, 2.45) is 10.7 Å². The molecule has 2 aromatic carbocycles. The number of nitrogens with one attached hydrogen (secondary N) is 3. The molecule has 33 heavy (non-hydrogen) atoms. The van der Waals surface area contributed by atoms with E-state index >= 15 is 0 Å². The van der Waals surface area contributed by atoms with Crippen LogP contribution in [0.3, 0.4) is 0 Å². The third-order valence-electron chi connectivity index (χ3n) is 4.84. The molecular formula is C24H31ClN6O2. The normalized spacial score (nSPS) is 14.8. The topological polar surface area (TPSA) is 128 Å². The fraction of sp³-hybridized carbons (Fsp3) is 0.333. The lowest BCUT2D eigenvalue weighted by Crippen LogP contribution is -2.42. The van der Waals surface area contributed by atoms with Gasteiger partial charge in [0.15, 0.2) is 0 Å². The van der Waals surface area contributed by atoms with Crippen LogP contribution in [0.2, 0.25) is 5.02 Å². The molecule has 1 aliphatic heterocycles. The van der Waals surface area contributed by atoms with Crippen LogP contribution in [0.5, 0.6) is 5.75 Å². The minimum absolute atomic E-state index is 0.0369. The van der Waals surface area contributed by atoms with Gasteiger partial charge in [-0.25, -0.2) is 0 Å². The monoisotopic (exact) mass is 470 g/mol. The Morgan fingerprint density at radius 1 is 1.24 bits per heavy atom. The van der Waals surface area contributed by atoms with Gasteiger partial charge < -0.3 is 15.8 Å². The fourth-order valence-electron chi connectivity index (χ4n) is 3.39. The van der Waals surface area contributed by atoms with Gasteiger partial charge in [0.05, 0.1) is 24.9 Å². The highest BCUT2D eigenvalue weighted by Gasteiger charge is 2.32. The van der Waals surface area contributed by atoms with Crippen molar-refractivity contribution in [3.05, 3.63) is 58.6 Å². The summed E-state index contributed by atoms with van der Waals surface area (Å²) >= 11 is 6.07. The zero-order valence-corrected chi connectivity index (χ0v) is 20.2. The number of halogens is 1. The molecule has 0 fully saturated rings. The third kappa shape index (κ3) is 6.18. The summed E-state index contributed by atoms with van der Waals surface area (Å²) in [6, 6.07) is 11.8. The number of carbonyl (C=O) groups is 1. The molecule has 3 rings (SSSR count). The number of benzene rings is 2. The predicted octanol–water partition coefficient (Wildman–Crippen LogP) is 3.84. The summed E-state index contributed by atoms with van der Waals surface area (Å²) in [4.78, 5) is 18.7. The predicted molar refractivity (Wildman–Crippen MR) is 136 cm³/mol. The summed E-state index contributed by atoms with van der Waals surface area (Å²) in [6.45, 7) is 6.27. The maximum Gasteiger partial charge on any atom is 0.222 e. The Morgan fingerprint density at radius 3 is 2.48 bits per heavy atom. The lowest BCUT2D eigenvalue weighted by atomic mass is 9.99. The number of nitrogens with two attached hydrogens (primary N) is 1. The maximum atomic E-state index is 12.4. The van der Waals surface area contributed by atoms with E-state index in [0.29, 0.717) is 40.8 Å². The number of ether oxygens (including phenoxy) is 1. The molecule has 1 atom stereocenters. The van der Waals surface area contributed by atoms with Gasteiger partial charge in [0.1, 0.15) is 23.5 Å². The number of methoxy groups -OCH3 is 1. The van der Waals surface area contributed by atoms with Crippen LogP contribution in [0.4, 0.5) is 5.69 Å². The summed E-state index contributed by atoms with van der Waals surface area (Å²) in [6.07, 6.45) is -0.0369.